The lowest BCUT2D eigenvalue weighted by Gasteiger charge is -2.27. The number of aliphatic imine (C=N–C) groups is 1. The van der Waals surface area contributed by atoms with Gasteiger partial charge in [0.2, 0.25) is 5.90 Å². The smallest absolute Gasteiger partial charge is 0.221 e. The molecule has 8 heteroatoms. The van der Waals surface area contributed by atoms with Gasteiger partial charge >= 0.3 is 0 Å². The van der Waals surface area contributed by atoms with Crippen molar-refractivity contribution in [1.29, 1.82) is 0 Å². The first-order valence-corrected chi connectivity index (χ1v) is 17.4. The zero-order chi connectivity index (χ0) is 31.7. The third-order valence-corrected chi connectivity index (χ3v) is 9.11. The van der Waals surface area contributed by atoms with Crippen LogP contribution in [0.5, 0.6) is 5.75 Å². The van der Waals surface area contributed by atoms with E-state index in [0.29, 0.717) is 12.5 Å². The van der Waals surface area contributed by atoms with Crippen molar-refractivity contribution in [3.05, 3.63) is 53.4 Å². The summed E-state index contributed by atoms with van der Waals surface area (Å²) in [6.45, 7) is 30.2. The number of hydrogen-bond acceptors (Lipinski definition) is 8. The van der Waals surface area contributed by atoms with Gasteiger partial charge in [-0.3, -0.25) is 0 Å². The fourth-order valence-electron chi connectivity index (χ4n) is 5.81. The molecule has 1 aromatic rings. The van der Waals surface area contributed by atoms with E-state index >= 15 is 0 Å². The molecule has 44 heavy (non-hydrogen) atoms. The maximum absolute atomic E-state index is 6.36. The molecule has 0 saturated carbocycles. The Kier molecular flexibility index (Phi) is 16.3. The highest BCUT2D eigenvalue weighted by Crippen LogP contribution is 2.34. The molecule has 8 nitrogen and oxygen atoms in total. The SMILES string of the molecule is CCN(CC)CCN(CC)CCCOC1=CC=C2N=C(c3ccc(OCCCN(CC)CCN(CC)CC)cc3)OC2C1C. The Hall–Kier alpha value is -2.39. The molecule has 2 unspecified atom stereocenters. The number of ether oxygens (including phenoxy) is 3. The normalized spacial score (nSPS) is 18.0. The molecule has 3 rings (SSSR count). The van der Waals surface area contributed by atoms with E-state index in [2.05, 4.69) is 80.2 Å². The molecule has 1 aliphatic carbocycles. The summed E-state index contributed by atoms with van der Waals surface area (Å²) in [6, 6.07) is 8.13. The van der Waals surface area contributed by atoms with E-state index in [-0.39, 0.29) is 12.0 Å². The van der Waals surface area contributed by atoms with Crippen molar-refractivity contribution in [3.63, 3.8) is 0 Å². The van der Waals surface area contributed by atoms with E-state index in [1.54, 1.807) is 0 Å². The third kappa shape index (κ3) is 11.2. The van der Waals surface area contributed by atoms with Gasteiger partial charge in [0.15, 0.2) is 6.10 Å². The second kappa shape index (κ2) is 19.9. The Balaban J connectivity index is 1.40. The molecule has 0 radical (unpaired) electrons. The van der Waals surface area contributed by atoms with Gasteiger partial charge in [-0.1, -0.05) is 48.5 Å². The molecule has 0 saturated heterocycles. The molecule has 0 N–H and O–H groups in total. The molecular weight excluding hydrogens is 550 g/mol. The minimum Gasteiger partial charge on any atom is -0.497 e. The van der Waals surface area contributed by atoms with E-state index in [1.807, 2.05) is 24.3 Å². The quantitative estimate of drug-likeness (QED) is 0.146. The van der Waals surface area contributed by atoms with Crippen LogP contribution in [0.2, 0.25) is 0 Å². The van der Waals surface area contributed by atoms with Crippen LogP contribution in [-0.2, 0) is 9.47 Å². The predicted octanol–water partition coefficient (Wildman–Crippen LogP) is 5.75. The van der Waals surface area contributed by atoms with Gasteiger partial charge in [0.1, 0.15) is 11.5 Å². The Morgan fingerprint density at radius 3 is 1.66 bits per heavy atom. The topological polar surface area (TPSA) is 53.0 Å². The number of benzene rings is 1. The van der Waals surface area contributed by atoms with E-state index in [0.717, 1.165) is 121 Å². The van der Waals surface area contributed by atoms with Crippen LogP contribution in [0.3, 0.4) is 0 Å². The van der Waals surface area contributed by atoms with Crippen molar-refractivity contribution in [2.24, 2.45) is 10.9 Å². The molecule has 1 aromatic carbocycles. The largest absolute Gasteiger partial charge is 0.497 e. The zero-order valence-corrected chi connectivity index (χ0v) is 28.9. The highest BCUT2D eigenvalue weighted by molar-refractivity contribution is 5.96. The highest BCUT2D eigenvalue weighted by Gasteiger charge is 2.36. The summed E-state index contributed by atoms with van der Waals surface area (Å²) in [4.78, 5) is 14.8. The summed E-state index contributed by atoms with van der Waals surface area (Å²) in [7, 11) is 0. The monoisotopic (exact) mass is 611 g/mol. The standard InChI is InChI=1S/C36H61N5O3/c1-8-38(9-2)24-26-40(12-5)22-14-28-42-32-18-16-31(17-19-32)36-37-33-20-21-34(30(7)35(33)44-36)43-29-15-23-41(13-6)27-25-39(10-3)11-4/h16-21,30,35H,8-15,22-29H2,1-7H3. The van der Waals surface area contributed by atoms with Crippen LogP contribution in [0.1, 0.15) is 66.9 Å². The number of rotatable bonds is 23. The molecule has 0 fully saturated rings. The van der Waals surface area contributed by atoms with Crippen molar-refractivity contribution < 1.29 is 14.2 Å². The first kappa shape index (κ1) is 36.1. The summed E-state index contributed by atoms with van der Waals surface area (Å²) >= 11 is 0. The van der Waals surface area contributed by atoms with Gasteiger partial charge in [0.05, 0.1) is 24.8 Å². The molecule has 0 aromatic heterocycles. The number of likely N-dealkylation sites (N-methyl/N-ethyl adjacent to an activating group) is 4. The van der Waals surface area contributed by atoms with Crippen LogP contribution in [0.25, 0.3) is 0 Å². The molecule has 2 aliphatic rings. The maximum Gasteiger partial charge on any atom is 0.221 e. The van der Waals surface area contributed by atoms with Crippen molar-refractivity contribution in [1.82, 2.24) is 19.6 Å². The summed E-state index contributed by atoms with van der Waals surface area (Å²) in [5, 5.41) is 0. The summed E-state index contributed by atoms with van der Waals surface area (Å²) in [5.74, 6) is 2.67. The van der Waals surface area contributed by atoms with Crippen LogP contribution in [0.4, 0.5) is 0 Å². The fraction of sp³-hybridized carbons (Fsp3) is 0.694. The van der Waals surface area contributed by atoms with Gasteiger partial charge < -0.3 is 33.8 Å². The van der Waals surface area contributed by atoms with Crippen molar-refractivity contribution in [2.75, 3.05) is 91.8 Å². The first-order valence-electron chi connectivity index (χ1n) is 17.4. The average Bonchev–Trinajstić information content (AvgIpc) is 3.50. The predicted molar refractivity (Wildman–Crippen MR) is 184 cm³/mol. The van der Waals surface area contributed by atoms with Crippen LogP contribution in [0, 0.1) is 5.92 Å². The lowest BCUT2D eigenvalue weighted by molar-refractivity contribution is 0.112. The van der Waals surface area contributed by atoms with Crippen LogP contribution >= 0.6 is 0 Å². The van der Waals surface area contributed by atoms with E-state index in [4.69, 9.17) is 19.2 Å². The Morgan fingerprint density at radius 2 is 1.14 bits per heavy atom. The van der Waals surface area contributed by atoms with E-state index in [9.17, 15) is 0 Å². The van der Waals surface area contributed by atoms with Crippen LogP contribution in [-0.4, -0.2) is 123 Å². The lowest BCUT2D eigenvalue weighted by atomic mass is 9.95. The molecule has 0 spiro atoms. The van der Waals surface area contributed by atoms with E-state index in [1.165, 1.54) is 0 Å². The van der Waals surface area contributed by atoms with Gasteiger partial charge in [-0.05, 0) is 88.5 Å². The Labute approximate surface area is 268 Å². The number of allylic oxidation sites excluding steroid dienone is 2. The third-order valence-electron chi connectivity index (χ3n) is 9.11. The molecule has 248 valence electrons. The average molecular weight is 612 g/mol. The van der Waals surface area contributed by atoms with Gasteiger partial charge in [-0.2, -0.15) is 0 Å². The van der Waals surface area contributed by atoms with Gasteiger partial charge in [0, 0.05) is 44.8 Å². The number of nitrogens with zero attached hydrogens (tertiary/aromatic N) is 5. The first-order chi connectivity index (χ1) is 21.5. The molecule has 2 atom stereocenters. The summed E-state index contributed by atoms with van der Waals surface area (Å²) in [5.41, 5.74) is 1.94. The lowest BCUT2D eigenvalue weighted by Crippen LogP contribution is -2.35. The van der Waals surface area contributed by atoms with Crippen LogP contribution in [0.15, 0.2) is 52.9 Å². The van der Waals surface area contributed by atoms with Gasteiger partial charge in [-0.15, -0.1) is 0 Å². The zero-order valence-electron chi connectivity index (χ0n) is 28.9. The molecule has 0 amide bonds. The number of hydrogen-bond donors (Lipinski definition) is 0. The second-order valence-corrected chi connectivity index (χ2v) is 11.8. The van der Waals surface area contributed by atoms with Crippen molar-refractivity contribution >= 4 is 5.90 Å². The van der Waals surface area contributed by atoms with Gasteiger partial charge in [0.25, 0.3) is 0 Å². The minimum atomic E-state index is -0.106. The summed E-state index contributed by atoms with van der Waals surface area (Å²) < 4.78 is 18.7. The van der Waals surface area contributed by atoms with Crippen molar-refractivity contribution in [2.45, 2.75) is 67.4 Å². The molecule has 1 heterocycles. The van der Waals surface area contributed by atoms with Crippen molar-refractivity contribution in [3.8, 4) is 5.75 Å². The minimum absolute atomic E-state index is 0.106. The van der Waals surface area contributed by atoms with E-state index < -0.39 is 0 Å². The molecule has 1 aliphatic heterocycles. The fourth-order valence-corrected chi connectivity index (χ4v) is 5.81. The van der Waals surface area contributed by atoms with Crippen LogP contribution < -0.4 is 4.74 Å². The Morgan fingerprint density at radius 1 is 0.636 bits per heavy atom. The maximum atomic E-state index is 6.36. The number of fused-ring (bicyclic) bond motifs is 1. The second-order valence-electron chi connectivity index (χ2n) is 11.8. The summed E-state index contributed by atoms with van der Waals surface area (Å²) in [6.07, 6.45) is 6.05. The Bertz CT molecular complexity index is 1030. The van der Waals surface area contributed by atoms with Gasteiger partial charge in [-0.25, -0.2) is 4.99 Å². The highest BCUT2D eigenvalue weighted by atomic mass is 16.5. The molecule has 0 bridgehead atoms. The molecular formula is C36H61N5O3.